The van der Waals surface area contributed by atoms with Gasteiger partial charge in [-0.1, -0.05) is 49.7 Å². The first-order valence-electron chi connectivity index (χ1n) is 7.23. The molecule has 3 heteroatoms. The molecule has 0 saturated heterocycles. The minimum atomic E-state index is 0.210. The van der Waals surface area contributed by atoms with E-state index in [0.717, 1.165) is 18.5 Å². The van der Waals surface area contributed by atoms with Crippen LogP contribution in [-0.4, -0.2) is 0 Å². The summed E-state index contributed by atoms with van der Waals surface area (Å²) >= 11 is 6.23. The van der Waals surface area contributed by atoms with E-state index in [9.17, 15) is 0 Å². The van der Waals surface area contributed by atoms with E-state index in [4.69, 9.17) is 16.9 Å². The van der Waals surface area contributed by atoms with Crippen molar-refractivity contribution in [1.82, 2.24) is 0 Å². The fourth-order valence-corrected chi connectivity index (χ4v) is 2.53. The summed E-state index contributed by atoms with van der Waals surface area (Å²) in [6.45, 7) is 4.30. The smallest absolute Gasteiger partial charge is 0.0992 e. The van der Waals surface area contributed by atoms with E-state index < -0.39 is 0 Å². The Morgan fingerprint density at radius 3 is 2.38 bits per heavy atom. The fraction of sp³-hybridized carbons (Fsp3) is 0.278. The molecular formula is C18H19ClN2. The Kier molecular flexibility index (Phi) is 5.25. The first-order chi connectivity index (χ1) is 10.2. The van der Waals surface area contributed by atoms with Crippen LogP contribution in [0.25, 0.3) is 0 Å². The third kappa shape index (κ3) is 3.77. The highest BCUT2D eigenvalue weighted by molar-refractivity contribution is 6.33. The molecule has 0 fully saturated rings. The number of hydrogen-bond donors (Lipinski definition) is 1. The van der Waals surface area contributed by atoms with Crippen molar-refractivity contribution >= 4 is 17.3 Å². The van der Waals surface area contributed by atoms with Crippen molar-refractivity contribution in [1.29, 1.82) is 5.26 Å². The number of hydrogen-bond acceptors (Lipinski definition) is 2. The molecule has 1 N–H and O–H groups in total. The largest absolute Gasteiger partial charge is 0.377 e. The first kappa shape index (κ1) is 15.4. The number of anilines is 1. The first-order valence-corrected chi connectivity index (χ1v) is 7.60. The lowest BCUT2D eigenvalue weighted by Gasteiger charge is -2.20. The molecule has 2 rings (SSSR count). The predicted molar refractivity (Wildman–Crippen MR) is 88.6 cm³/mol. The molecule has 1 unspecified atom stereocenters. The Labute approximate surface area is 131 Å². The topological polar surface area (TPSA) is 35.8 Å². The number of nitrogens with zero attached hydrogens (tertiary/aromatic N) is 1. The van der Waals surface area contributed by atoms with E-state index >= 15 is 0 Å². The Balaban J connectivity index is 2.20. The highest BCUT2D eigenvalue weighted by Gasteiger charge is 2.11. The minimum absolute atomic E-state index is 0.210. The highest BCUT2D eigenvalue weighted by atomic mass is 35.5. The van der Waals surface area contributed by atoms with Gasteiger partial charge >= 0.3 is 0 Å². The highest BCUT2D eigenvalue weighted by Crippen LogP contribution is 2.28. The van der Waals surface area contributed by atoms with Crippen molar-refractivity contribution in [2.24, 2.45) is 0 Å². The van der Waals surface area contributed by atoms with Gasteiger partial charge in [0.15, 0.2) is 0 Å². The standard InChI is InChI=1S/C18H19ClN2/c1-3-13-5-8-15(9-6-13)17(4-2)21-18-10-7-14(12-20)11-16(18)19/h5-11,17,21H,3-4H2,1-2H3. The van der Waals surface area contributed by atoms with Crippen LogP contribution in [0, 0.1) is 11.3 Å². The summed E-state index contributed by atoms with van der Waals surface area (Å²) in [5, 5.41) is 12.9. The number of halogens is 1. The second kappa shape index (κ2) is 7.15. The van der Waals surface area contributed by atoms with Gasteiger partial charge in [0.25, 0.3) is 0 Å². The summed E-state index contributed by atoms with van der Waals surface area (Å²) in [6, 6.07) is 16.3. The molecule has 0 aliphatic rings. The maximum Gasteiger partial charge on any atom is 0.0992 e. The fourth-order valence-electron chi connectivity index (χ4n) is 2.30. The summed E-state index contributed by atoms with van der Waals surface area (Å²) < 4.78 is 0. The Morgan fingerprint density at radius 1 is 1.14 bits per heavy atom. The molecule has 0 amide bonds. The van der Waals surface area contributed by atoms with Gasteiger partial charge in [0, 0.05) is 0 Å². The van der Waals surface area contributed by atoms with Crippen LogP contribution < -0.4 is 5.32 Å². The van der Waals surface area contributed by atoms with Gasteiger partial charge in [0.05, 0.1) is 28.4 Å². The zero-order valence-electron chi connectivity index (χ0n) is 12.4. The average Bonchev–Trinajstić information content (AvgIpc) is 2.54. The molecule has 2 aromatic carbocycles. The zero-order valence-corrected chi connectivity index (χ0v) is 13.1. The Bertz CT molecular complexity index is 641. The van der Waals surface area contributed by atoms with Gasteiger partial charge in [0.1, 0.15) is 0 Å². The van der Waals surface area contributed by atoms with Crippen LogP contribution in [0.3, 0.4) is 0 Å². The van der Waals surface area contributed by atoms with Crippen molar-refractivity contribution in [3.05, 3.63) is 64.2 Å². The third-order valence-electron chi connectivity index (χ3n) is 3.63. The van der Waals surface area contributed by atoms with E-state index in [1.165, 1.54) is 11.1 Å². The lowest BCUT2D eigenvalue weighted by atomic mass is 10.0. The van der Waals surface area contributed by atoms with E-state index in [1.807, 2.05) is 6.07 Å². The van der Waals surface area contributed by atoms with Crippen molar-refractivity contribution < 1.29 is 0 Å². The summed E-state index contributed by atoms with van der Waals surface area (Å²) in [5.41, 5.74) is 4.02. The number of rotatable bonds is 5. The van der Waals surface area contributed by atoms with Crippen molar-refractivity contribution in [2.75, 3.05) is 5.32 Å². The lowest BCUT2D eigenvalue weighted by Crippen LogP contribution is -2.10. The third-order valence-corrected chi connectivity index (χ3v) is 3.94. The number of aryl methyl sites for hydroxylation is 1. The van der Waals surface area contributed by atoms with E-state index in [2.05, 4.69) is 49.5 Å². The molecule has 0 spiro atoms. The van der Waals surface area contributed by atoms with E-state index in [1.54, 1.807) is 12.1 Å². The van der Waals surface area contributed by atoms with Gasteiger partial charge in [-0.2, -0.15) is 5.26 Å². The number of benzene rings is 2. The SMILES string of the molecule is CCc1ccc(C(CC)Nc2ccc(C#N)cc2Cl)cc1. The van der Waals surface area contributed by atoms with Gasteiger partial charge in [-0.15, -0.1) is 0 Å². The molecule has 2 nitrogen and oxygen atoms in total. The Morgan fingerprint density at radius 2 is 1.86 bits per heavy atom. The summed E-state index contributed by atoms with van der Waals surface area (Å²) in [6.07, 6.45) is 2.01. The lowest BCUT2D eigenvalue weighted by molar-refractivity contribution is 0.749. The van der Waals surface area contributed by atoms with Crippen LogP contribution in [0.15, 0.2) is 42.5 Å². The zero-order chi connectivity index (χ0) is 15.2. The van der Waals surface area contributed by atoms with Crippen molar-refractivity contribution in [3.8, 4) is 6.07 Å². The molecule has 21 heavy (non-hydrogen) atoms. The second-order valence-corrected chi connectivity index (χ2v) is 5.41. The van der Waals surface area contributed by atoms with Crippen LogP contribution >= 0.6 is 11.6 Å². The second-order valence-electron chi connectivity index (χ2n) is 5.01. The van der Waals surface area contributed by atoms with Crippen LogP contribution in [-0.2, 0) is 6.42 Å². The van der Waals surface area contributed by atoms with Gasteiger partial charge < -0.3 is 5.32 Å². The van der Waals surface area contributed by atoms with E-state index in [0.29, 0.717) is 10.6 Å². The average molecular weight is 299 g/mol. The van der Waals surface area contributed by atoms with Gasteiger partial charge in [0.2, 0.25) is 0 Å². The molecule has 0 heterocycles. The maximum atomic E-state index is 8.88. The molecular weight excluding hydrogens is 280 g/mol. The molecule has 0 radical (unpaired) electrons. The molecule has 108 valence electrons. The van der Waals surface area contributed by atoms with E-state index in [-0.39, 0.29) is 6.04 Å². The summed E-state index contributed by atoms with van der Waals surface area (Å²) in [4.78, 5) is 0. The Hall–Kier alpha value is -1.98. The van der Waals surface area contributed by atoms with Crippen molar-refractivity contribution in [3.63, 3.8) is 0 Å². The van der Waals surface area contributed by atoms with Crippen molar-refractivity contribution in [2.45, 2.75) is 32.7 Å². The van der Waals surface area contributed by atoms with Crippen LogP contribution in [0.4, 0.5) is 5.69 Å². The molecule has 0 aliphatic carbocycles. The summed E-state index contributed by atoms with van der Waals surface area (Å²) in [7, 11) is 0. The van der Waals surface area contributed by atoms with Crippen LogP contribution in [0.5, 0.6) is 0 Å². The van der Waals surface area contributed by atoms with Crippen LogP contribution in [0.2, 0.25) is 5.02 Å². The predicted octanol–water partition coefficient (Wildman–Crippen LogP) is 5.34. The van der Waals surface area contributed by atoms with Gasteiger partial charge in [-0.3, -0.25) is 0 Å². The molecule has 0 bridgehead atoms. The molecule has 0 saturated carbocycles. The molecule has 1 atom stereocenters. The number of nitriles is 1. The molecule has 2 aromatic rings. The maximum absolute atomic E-state index is 8.88. The minimum Gasteiger partial charge on any atom is -0.377 e. The number of nitrogens with one attached hydrogen (secondary N) is 1. The molecule has 0 aromatic heterocycles. The van der Waals surface area contributed by atoms with Gasteiger partial charge in [-0.25, -0.2) is 0 Å². The molecule has 0 aliphatic heterocycles. The quantitative estimate of drug-likeness (QED) is 0.809. The van der Waals surface area contributed by atoms with Crippen LogP contribution in [0.1, 0.15) is 43.0 Å². The normalized spacial score (nSPS) is 11.7. The van der Waals surface area contributed by atoms with Gasteiger partial charge in [-0.05, 0) is 42.2 Å². The monoisotopic (exact) mass is 298 g/mol. The summed E-state index contributed by atoms with van der Waals surface area (Å²) in [5.74, 6) is 0.